The molecule has 0 aromatic heterocycles. The Balaban J connectivity index is 1.86. The van der Waals surface area contributed by atoms with Crippen LogP contribution in [0.4, 0.5) is 0 Å². The van der Waals surface area contributed by atoms with E-state index in [-0.39, 0.29) is 5.41 Å². The lowest BCUT2D eigenvalue weighted by Crippen LogP contribution is -2.18. The number of hydrogen-bond donors (Lipinski definition) is 0. The molecule has 27 heavy (non-hydrogen) atoms. The molecule has 0 nitrogen and oxygen atoms in total. The fourth-order valence-electron chi connectivity index (χ4n) is 3.77. The van der Waals surface area contributed by atoms with Gasteiger partial charge in [0.2, 0.25) is 0 Å². The molecule has 0 bridgehead atoms. The Morgan fingerprint density at radius 3 is 2.41 bits per heavy atom. The molecule has 1 aliphatic carbocycles. The average molecular weight is 462 g/mol. The Labute approximate surface area is 175 Å². The lowest BCUT2D eigenvalue weighted by atomic mass is 9.77. The number of benzene rings is 3. The Morgan fingerprint density at radius 2 is 1.56 bits per heavy atom. The maximum Gasteiger partial charge on any atom is 0.0136 e. The maximum absolute atomic E-state index is 4.29. The van der Waals surface area contributed by atoms with Crippen LogP contribution in [0.5, 0.6) is 0 Å². The molecule has 1 heteroatoms. The van der Waals surface area contributed by atoms with Crippen LogP contribution in [0, 0.1) is 3.57 Å². The third kappa shape index (κ3) is 3.66. The molecule has 0 unspecified atom stereocenters. The summed E-state index contributed by atoms with van der Waals surface area (Å²) in [6.07, 6.45) is 9.59. The molecule has 4 rings (SSSR count). The Kier molecular flexibility index (Phi) is 4.81. The van der Waals surface area contributed by atoms with Crippen LogP contribution in [-0.2, 0) is 5.41 Å². The summed E-state index contributed by atoms with van der Waals surface area (Å²) < 4.78 is 1.27. The summed E-state index contributed by atoms with van der Waals surface area (Å²) in [5, 5.41) is 2.57. The predicted molar refractivity (Wildman–Crippen MR) is 127 cm³/mol. The van der Waals surface area contributed by atoms with E-state index in [1.54, 1.807) is 0 Å². The van der Waals surface area contributed by atoms with Gasteiger partial charge < -0.3 is 0 Å². The van der Waals surface area contributed by atoms with E-state index in [1.807, 2.05) is 0 Å². The van der Waals surface area contributed by atoms with Crippen molar-refractivity contribution in [3.05, 3.63) is 100 Å². The minimum atomic E-state index is 0.0593. The Bertz CT molecular complexity index is 1100. The molecule has 0 aliphatic heterocycles. The lowest BCUT2D eigenvalue weighted by molar-refractivity contribution is 0.533. The minimum absolute atomic E-state index is 0.0593. The highest BCUT2D eigenvalue weighted by molar-refractivity contribution is 14.1. The van der Waals surface area contributed by atoms with Gasteiger partial charge in [0.15, 0.2) is 0 Å². The van der Waals surface area contributed by atoms with Crippen molar-refractivity contribution < 1.29 is 0 Å². The zero-order chi connectivity index (χ0) is 19.0. The topological polar surface area (TPSA) is 0 Å². The summed E-state index contributed by atoms with van der Waals surface area (Å²) in [6.45, 7) is 8.94. The average Bonchev–Trinajstić information content (AvgIpc) is 2.71. The highest BCUT2D eigenvalue weighted by atomic mass is 127. The predicted octanol–water partition coefficient (Wildman–Crippen LogP) is 7.92. The van der Waals surface area contributed by atoms with Gasteiger partial charge in [-0.25, -0.2) is 0 Å². The van der Waals surface area contributed by atoms with Gasteiger partial charge in [0, 0.05) is 3.57 Å². The summed E-state index contributed by atoms with van der Waals surface area (Å²) >= 11 is 2.37. The van der Waals surface area contributed by atoms with Crippen molar-refractivity contribution >= 4 is 38.9 Å². The fraction of sp³-hybridized carbons (Fsp3) is 0.154. The first-order chi connectivity index (χ1) is 12.9. The molecular formula is C26H23I. The van der Waals surface area contributed by atoms with Gasteiger partial charge in [-0.2, -0.15) is 0 Å². The van der Waals surface area contributed by atoms with Crippen LogP contribution in [0.2, 0.25) is 0 Å². The van der Waals surface area contributed by atoms with Gasteiger partial charge in [0.05, 0.1) is 0 Å². The van der Waals surface area contributed by atoms with Crippen molar-refractivity contribution in [1.82, 2.24) is 0 Å². The molecule has 0 amide bonds. The standard InChI is InChI=1S/C26H23I/c1-18-7-5-4-6-14-26(2,3)25-17-22(11-13-24(18)25)19-8-9-21-16-23(27)12-10-20(21)15-19/h4-13,15-17H,1,14H2,2-3H3/b6-4-,7-5-. The zero-order valence-electron chi connectivity index (χ0n) is 15.8. The second-order valence-corrected chi connectivity index (χ2v) is 9.11. The van der Waals surface area contributed by atoms with Crippen LogP contribution < -0.4 is 0 Å². The minimum Gasteiger partial charge on any atom is -0.0911 e. The van der Waals surface area contributed by atoms with Crippen molar-refractivity contribution in [3.8, 4) is 11.1 Å². The van der Waals surface area contributed by atoms with E-state index in [0.717, 1.165) is 12.0 Å². The Morgan fingerprint density at radius 1 is 0.852 bits per heavy atom. The van der Waals surface area contributed by atoms with Crippen LogP contribution >= 0.6 is 22.6 Å². The van der Waals surface area contributed by atoms with Crippen LogP contribution in [0.15, 0.2) is 85.5 Å². The lowest BCUT2D eigenvalue weighted by Gasteiger charge is -2.27. The first kappa shape index (κ1) is 18.2. The first-order valence-corrected chi connectivity index (χ1v) is 10.4. The third-order valence-corrected chi connectivity index (χ3v) is 6.07. The summed E-state index contributed by atoms with van der Waals surface area (Å²) in [5.41, 5.74) is 6.28. The molecule has 134 valence electrons. The first-order valence-electron chi connectivity index (χ1n) is 9.31. The molecule has 0 heterocycles. The van der Waals surface area contributed by atoms with Gasteiger partial charge >= 0.3 is 0 Å². The normalized spacial score (nSPS) is 18.3. The van der Waals surface area contributed by atoms with Crippen LogP contribution in [0.1, 0.15) is 31.4 Å². The molecule has 0 radical (unpaired) electrons. The second-order valence-electron chi connectivity index (χ2n) is 7.87. The molecule has 3 aromatic carbocycles. The van der Waals surface area contributed by atoms with Crippen LogP contribution in [0.25, 0.3) is 27.5 Å². The van der Waals surface area contributed by atoms with Crippen LogP contribution in [0.3, 0.4) is 0 Å². The molecule has 0 fully saturated rings. The SMILES string of the molecule is C=C1/C=C\C=C/CC(C)(C)c2cc(-c3ccc4cc(I)ccc4c3)ccc21. The number of halogens is 1. The molecular weight excluding hydrogens is 439 g/mol. The van der Waals surface area contributed by atoms with Gasteiger partial charge in [0.1, 0.15) is 0 Å². The summed E-state index contributed by atoms with van der Waals surface area (Å²) in [6, 6.07) is 20.2. The third-order valence-electron chi connectivity index (χ3n) is 5.40. The second kappa shape index (κ2) is 7.12. The van der Waals surface area contributed by atoms with Gasteiger partial charge in [0.25, 0.3) is 0 Å². The van der Waals surface area contributed by atoms with E-state index in [0.29, 0.717) is 0 Å². The van der Waals surface area contributed by atoms with E-state index < -0.39 is 0 Å². The van der Waals surface area contributed by atoms with Gasteiger partial charge in [-0.05, 0) is 97.3 Å². The van der Waals surface area contributed by atoms with Crippen molar-refractivity contribution in [2.75, 3.05) is 0 Å². The molecule has 0 N–H and O–H groups in total. The monoisotopic (exact) mass is 462 g/mol. The molecule has 0 spiro atoms. The van der Waals surface area contributed by atoms with Crippen LogP contribution in [-0.4, -0.2) is 0 Å². The number of fused-ring (bicyclic) bond motifs is 2. The molecule has 0 saturated carbocycles. The molecule has 1 aliphatic rings. The fourth-order valence-corrected chi connectivity index (χ4v) is 4.29. The summed E-state index contributed by atoms with van der Waals surface area (Å²) in [5.74, 6) is 0. The molecule has 0 saturated heterocycles. The van der Waals surface area contributed by atoms with E-state index in [1.165, 1.54) is 36.6 Å². The Hall–Kier alpha value is -2.13. The quantitative estimate of drug-likeness (QED) is 0.322. The van der Waals surface area contributed by atoms with Crippen molar-refractivity contribution in [1.29, 1.82) is 0 Å². The van der Waals surface area contributed by atoms with Gasteiger partial charge in [-0.15, -0.1) is 0 Å². The van der Waals surface area contributed by atoms with E-state index in [4.69, 9.17) is 0 Å². The van der Waals surface area contributed by atoms with E-state index >= 15 is 0 Å². The van der Waals surface area contributed by atoms with Crippen molar-refractivity contribution in [3.63, 3.8) is 0 Å². The smallest absolute Gasteiger partial charge is 0.0136 e. The van der Waals surface area contributed by atoms with Gasteiger partial charge in [-0.1, -0.05) is 75.1 Å². The summed E-state index contributed by atoms with van der Waals surface area (Å²) in [7, 11) is 0. The largest absolute Gasteiger partial charge is 0.0911 e. The number of rotatable bonds is 1. The zero-order valence-corrected chi connectivity index (χ0v) is 18.0. The highest BCUT2D eigenvalue weighted by Crippen LogP contribution is 2.37. The molecule has 0 atom stereocenters. The number of allylic oxidation sites excluding steroid dienone is 5. The number of hydrogen-bond acceptors (Lipinski definition) is 0. The van der Waals surface area contributed by atoms with Crippen molar-refractivity contribution in [2.45, 2.75) is 25.7 Å². The van der Waals surface area contributed by atoms with Crippen molar-refractivity contribution in [2.24, 2.45) is 0 Å². The van der Waals surface area contributed by atoms with E-state index in [9.17, 15) is 0 Å². The summed E-state index contributed by atoms with van der Waals surface area (Å²) in [4.78, 5) is 0. The highest BCUT2D eigenvalue weighted by Gasteiger charge is 2.24. The molecule has 3 aromatic rings. The van der Waals surface area contributed by atoms with E-state index in [2.05, 4.69) is 122 Å². The van der Waals surface area contributed by atoms with Gasteiger partial charge in [-0.3, -0.25) is 0 Å². The maximum atomic E-state index is 4.29.